The van der Waals surface area contributed by atoms with E-state index in [1.165, 1.54) is 0 Å². The van der Waals surface area contributed by atoms with Crippen molar-refractivity contribution in [1.82, 2.24) is 10.6 Å². The van der Waals surface area contributed by atoms with Crippen LogP contribution in [0.5, 0.6) is 0 Å². The van der Waals surface area contributed by atoms with E-state index in [4.69, 9.17) is 11.5 Å². The third kappa shape index (κ3) is 10.3. The molecule has 0 unspecified atom stereocenters. The first-order chi connectivity index (χ1) is 7.62. The molecule has 0 saturated carbocycles. The lowest BCUT2D eigenvalue weighted by Crippen LogP contribution is -2.46. The highest BCUT2D eigenvalue weighted by Gasteiger charge is 2.20. The summed E-state index contributed by atoms with van der Waals surface area (Å²) in [6.07, 6.45) is 2.68. The lowest BCUT2D eigenvalue weighted by Gasteiger charge is -2.23. The molecule has 0 radical (unpaired) electrons. The predicted octanol–water partition coefficient (Wildman–Crippen LogP) is -1.72. The van der Waals surface area contributed by atoms with Crippen LogP contribution < -0.4 is 22.1 Å². The first kappa shape index (κ1) is 15.8. The van der Waals surface area contributed by atoms with Gasteiger partial charge in [-0.05, 0) is 45.4 Å². The van der Waals surface area contributed by atoms with Crippen LogP contribution in [0.4, 0.5) is 0 Å². The molecule has 0 aromatic rings. The Bertz CT molecular complexity index is 156. The average molecular weight is 234 g/mol. The number of hydrogen-bond acceptors (Lipinski definition) is 6. The molecule has 0 amide bonds. The van der Waals surface area contributed by atoms with Gasteiger partial charge in [0.05, 0.1) is 0 Å². The summed E-state index contributed by atoms with van der Waals surface area (Å²) in [4.78, 5) is 0. The van der Waals surface area contributed by atoms with Crippen LogP contribution in [0.25, 0.3) is 0 Å². The van der Waals surface area contributed by atoms with Gasteiger partial charge in [-0.1, -0.05) is 0 Å². The van der Waals surface area contributed by atoms with E-state index in [0.717, 1.165) is 25.9 Å². The summed E-state index contributed by atoms with van der Waals surface area (Å²) in [6.45, 7) is 3.38. The highest BCUT2D eigenvalue weighted by atomic mass is 16.5. The zero-order valence-corrected chi connectivity index (χ0v) is 9.91. The smallest absolute Gasteiger partial charge is 0.222 e. The minimum Gasteiger partial charge on any atom is -0.353 e. The van der Waals surface area contributed by atoms with Gasteiger partial charge in [-0.25, -0.2) is 0 Å². The summed E-state index contributed by atoms with van der Waals surface area (Å²) >= 11 is 0. The van der Waals surface area contributed by atoms with Crippen LogP contribution >= 0.6 is 0 Å². The van der Waals surface area contributed by atoms with Gasteiger partial charge in [0.1, 0.15) is 0 Å². The normalized spacial score (nSPS) is 12.0. The van der Waals surface area contributed by atoms with Gasteiger partial charge in [0.15, 0.2) is 0 Å². The van der Waals surface area contributed by atoms with Gasteiger partial charge in [0.25, 0.3) is 0 Å². The Morgan fingerprint density at radius 3 is 2.06 bits per heavy atom. The Morgan fingerprint density at radius 1 is 0.875 bits per heavy atom. The standard InChI is InChI=1S/C10H26N4O2/c11-5-2-8-13-7-1-4-10(15,16)14-9-3-6-12/h13-16H,1-9,11-12H2. The molecule has 98 valence electrons. The van der Waals surface area contributed by atoms with E-state index in [9.17, 15) is 10.2 Å². The minimum atomic E-state index is -1.77. The summed E-state index contributed by atoms with van der Waals surface area (Å²) in [6, 6.07) is 0. The Morgan fingerprint density at radius 2 is 1.44 bits per heavy atom. The average Bonchev–Trinajstić information content (AvgIpc) is 2.23. The predicted molar refractivity (Wildman–Crippen MR) is 64.6 cm³/mol. The van der Waals surface area contributed by atoms with E-state index >= 15 is 0 Å². The van der Waals surface area contributed by atoms with Crippen LogP contribution in [0.1, 0.15) is 25.7 Å². The SMILES string of the molecule is NCCCNCCCC(O)(O)NCCCN. The molecule has 16 heavy (non-hydrogen) atoms. The van der Waals surface area contributed by atoms with E-state index < -0.39 is 5.91 Å². The van der Waals surface area contributed by atoms with Crippen LogP contribution in [-0.2, 0) is 0 Å². The first-order valence-electron chi connectivity index (χ1n) is 5.93. The first-order valence-corrected chi connectivity index (χ1v) is 5.93. The van der Waals surface area contributed by atoms with Crippen LogP contribution in [0, 0.1) is 0 Å². The van der Waals surface area contributed by atoms with Crippen LogP contribution in [0.15, 0.2) is 0 Å². The molecular formula is C10H26N4O2. The van der Waals surface area contributed by atoms with Gasteiger partial charge in [-0.3, -0.25) is 5.32 Å². The van der Waals surface area contributed by atoms with E-state index in [1.807, 2.05) is 0 Å². The van der Waals surface area contributed by atoms with Crippen LogP contribution in [-0.4, -0.2) is 48.8 Å². The van der Waals surface area contributed by atoms with Crippen molar-refractivity contribution in [1.29, 1.82) is 0 Å². The Kier molecular flexibility index (Phi) is 9.80. The maximum absolute atomic E-state index is 9.50. The van der Waals surface area contributed by atoms with Gasteiger partial charge in [0.2, 0.25) is 5.91 Å². The highest BCUT2D eigenvalue weighted by molar-refractivity contribution is 4.63. The molecule has 6 heteroatoms. The molecule has 0 aliphatic carbocycles. The van der Waals surface area contributed by atoms with Gasteiger partial charge in [0, 0.05) is 13.0 Å². The second kappa shape index (κ2) is 9.95. The van der Waals surface area contributed by atoms with Gasteiger partial charge in [-0.15, -0.1) is 0 Å². The fraction of sp³-hybridized carbons (Fsp3) is 1.00. The summed E-state index contributed by atoms with van der Waals surface area (Å²) in [7, 11) is 0. The summed E-state index contributed by atoms with van der Waals surface area (Å²) in [5.74, 6) is -1.77. The zero-order valence-electron chi connectivity index (χ0n) is 9.91. The minimum absolute atomic E-state index is 0.299. The zero-order chi connectivity index (χ0) is 12.3. The van der Waals surface area contributed by atoms with Crippen molar-refractivity contribution in [2.24, 2.45) is 11.5 Å². The molecule has 8 N–H and O–H groups in total. The maximum atomic E-state index is 9.50. The van der Waals surface area contributed by atoms with E-state index in [1.54, 1.807) is 0 Å². The third-order valence-corrected chi connectivity index (χ3v) is 2.23. The van der Waals surface area contributed by atoms with Crippen molar-refractivity contribution in [3.8, 4) is 0 Å². The highest BCUT2D eigenvalue weighted by Crippen LogP contribution is 2.04. The number of aliphatic hydroxyl groups is 2. The molecule has 0 aromatic heterocycles. The third-order valence-electron chi connectivity index (χ3n) is 2.23. The number of nitrogens with one attached hydrogen (secondary N) is 2. The Hall–Kier alpha value is -0.240. The Balaban J connectivity index is 3.35. The van der Waals surface area contributed by atoms with Crippen LogP contribution in [0.3, 0.4) is 0 Å². The lowest BCUT2D eigenvalue weighted by molar-refractivity contribution is -0.190. The molecule has 0 heterocycles. The van der Waals surface area contributed by atoms with Gasteiger partial charge >= 0.3 is 0 Å². The van der Waals surface area contributed by atoms with E-state index in [2.05, 4.69) is 10.6 Å². The number of nitrogens with two attached hydrogens (primary N) is 2. The largest absolute Gasteiger partial charge is 0.353 e. The lowest BCUT2D eigenvalue weighted by atomic mass is 10.2. The van der Waals surface area contributed by atoms with E-state index in [0.29, 0.717) is 32.5 Å². The molecule has 0 spiro atoms. The molecule has 0 atom stereocenters. The van der Waals surface area contributed by atoms with Gasteiger partial charge in [-0.2, -0.15) is 0 Å². The van der Waals surface area contributed by atoms with Crippen molar-refractivity contribution in [3.63, 3.8) is 0 Å². The molecule has 0 saturated heterocycles. The summed E-state index contributed by atoms with van der Waals surface area (Å²) in [5.41, 5.74) is 10.6. The molecule has 6 nitrogen and oxygen atoms in total. The Labute approximate surface area is 97.4 Å². The number of rotatable bonds is 11. The monoisotopic (exact) mass is 234 g/mol. The van der Waals surface area contributed by atoms with Crippen molar-refractivity contribution < 1.29 is 10.2 Å². The quantitative estimate of drug-likeness (QED) is 0.187. The maximum Gasteiger partial charge on any atom is 0.222 e. The second-order valence-electron chi connectivity index (χ2n) is 3.88. The molecular weight excluding hydrogens is 208 g/mol. The second-order valence-corrected chi connectivity index (χ2v) is 3.88. The molecule has 0 aliphatic rings. The fourth-order valence-corrected chi connectivity index (χ4v) is 1.29. The van der Waals surface area contributed by atoms with Crippen molar-refractivity contribution in [3.05, 3.63) is 0 Å². The summed E-state index contributed by atoms with van der Waals surface area (Å²) in [5, 5.41) is 24.8. The topological polar surface area (TPSA) is 117 Å². The fourth-order valence-electron chi connectivity index (χ4n) is 1.29. The van der Waals surface area contributed by atoms with Crippen molar-refractivity contribution in [2.45, 2.75) is 31.6 Å². The van der Waals surface area contributed by atoms with E-state index in [-0.39, 0.29) is 0 Å². The molecule has 0 aromatic carbocycles. The molecule has 0 rings (SSSR count). The molecule has 0 aliphatic heterocycles. The number of hydrogen-bond donors (Lipinski definition) is 6. The van der Waals surface area contributed by atoms with Crippen LogP contribution in [0.2, 0.25) is 0 Å². The molecule has 0 bridgehead atoms. The van der Waals surface area contributed by atoms with Crippen molar-refractivity contribution >= 4 is 0 Å². The summed E-state index contributed by atoms with van der Waals surface area (Å²) < 4.78 is 0. The van der Waals surface area contributed by atoms with Crippen molar-refractivity contribution in [2.75, 3.05) is 32.7 Å². The molecule has 0 fully saturated rings. The van der Waals surface area contributed by atoms with Gasteiger partial charge < -0.3 is 27.0 Å².